The van der Waals surface area contributed by atoms with Crippen LogP contribution in [0.1, 0.15) is 47.2 Å². The van der Waals surface area contributed by atoms with Gasteiger partial charge in [0.25, 0.3) is 0 Å². The standard InChI is InChI=1S/C70H48N4/c1-69(2)59-31-17-14-30-56(59)67-65-60(44-47-20-12-13-27-53(47)66(65)69)71-68(72-67)74-62-33-19-16-29-55(62)58-43-46(35-41-64(58)74)45-34-40-63-57(42-45)54-28-15-18-32-61(54)73(63)52-38-36-51(37-39-52)70(48-21-6-3-7-22-48,49-23-8-4-9-24-49)50-25-10-5-11-26-50/h3-44H,1-2H3. The van der Waals surface area contributed by atoms with Gasteiger partial charge in [0.2, 0.25) is 5.95 Å². The lowest BCUT2D eigenvalue weighted by molar-refractivity contribution is 0.649. The zero-order valence-corrected chi connectivity index (χ0v) is 41.0. The van der Waals surface area contributed by atoms with Gasteiger partial charge in [-0.1, -0.05) is 214 Å². The number of benzene rings is 11. The van der Waals surface area contributed by atoms with Crippen molar-refractivity contribution < 1.29 is 0 Å². The second-order valence-electron chi connectivity index (χ2n) is 20.5. The first-order chi connectivity index (χ1) is 36.5. The number of hydrogen-bond acceptors (Lipinski definition) is 2. The zero-order valence-electron chi connectivity index (χ0n) is 41.0. The van der Waals surface area contributed by atoms with Gasteiger partial charge in [0.1, 0.15) is 0 Å². The average Bonchev–Trinajstić information content (AvgIpc) is 4.01. The summed E-state index contributed by atoms with van der Waals surface area (Å²) in [4.78, 5) is 11.1. The number of fused-ring (bicyclic) bond motifs is 10. The van der Waals surface area contributed by atoms with E-state index < -0.39 is 5.41 Å². The highest BCUT2D eigenvalue weighted by atomic mass is 15.2. The summed E-state index contributed by atoms with van der Waals surface area (Å²) in [5, 5.41) is 8.35. The molecule has 0 saturated heterocycles. The van der Waals surface area contributed by atoms with Crippen molar-refractivity contribution in [1.29, 1.82) is 0 Å². The molecule has 348 valence electrons. The van der Waals surface area contributed by atoms with Crippen LogP contribution in [0.4, 0.5) is 0 Å². The second-order valence-corrected chi connectivity index (χ2v) is 20.5. The van der Waals surface area contributed by atoms with Gasteiger partial charge in [-0.05, 0) is 110 Å². The molecule has 4 heteroatoms. The molecule has 11 aromatic carbocycles. The molecule has 0 radical (unpaired) electrons. The van der Waals surface area contributed by atoms with E-state index in [9.17, 15) is 0 Å². The Morgan fingerprint density at radius 1 is 0.378 bits per heavy atom. The Labute approximate surface area is 429 Å². The fourth-order valence-corrected chi connectivity index (χ4v) is 13.0. The van der Waals surface area contributed by atoms with Crippen molar-refractivity contribution in [2.24, 2.45) is 0 Å². The Balaban J connectivity index is 0.871. The summed E-state index contributed by atoms with van der Waals surface area (Å²) in [5.74, 6) is 0.676. The van der Waals surface area contributed by atoms with Crippen LogP contribution in [0.2, 0.25) is 0 Å². The van der Waals surface area contributed by atoms with Gasteiger partial charge < -0.3 is 4.57 Å². The lowest BCUT2D eigenvalue weighted by Gasteiger charge is -2.37. The van der Waals surface area contributed by atoms with Gasteiger partial charge in [-0.2, -0.15) is 0 Å². The molecule has 0 saturated carbocycles. The van der Waals surface area contributed by atoms with Gasteiger partial charge in [-0.3, -0.25) is 4.57 Å². The molecule has 0 bridgehead atoms. The summed E-state index contributed by atoms with van der Waals surface area (Å²) in [7, 11) is 0. The fraction of sp³-hybridized carbons (Fsp3) is 0.0571. The Morgan fingerprint density at radius 2 is 0.851 bits per heavy atom. The van der Waals surface area contributed by atoms with E-state index in [4.69, 9.17) is 9.97 Å². The summed E-state index contributed by atoms with van der Waals surface area (Å²) in [6, 6.07) is 93.3. The average molecular weight is 945 g/mol. The van der Waals surface area contributed by atoms with Crippen LogP contribution < -0.4 is 0 Å². The summed E-state index contributed by atoms with van der Waals surface area (Å²) < 4.78 is 4.69. The molecule has 0 atom stereocenters. The summed E-state index contributed by atoms with van der Waals surface area (Å²) in [5.41, 5.74) is 17.8. The summed E-state index contributed by atoms with van der Waals surface area (Å²) >= 11 is 0. The van der Waals surface area contributed by atoms with Gasteiger partial charge in [-0.25, -0.2) is 9.97 Å². The van der Waals surface area contributed by atoms with E-state index in [1.807, 2.05) is 0 Å². The van der Waals surface area contributed by atoms with Crippen molar-refractivity contribution in [1.82, 2.24) is 19.1 Å². The van der Waals surface area contributed by atoms with Gasteiger partial charge in [0, 0.05) is 43.6 Å². The number of para-hydroxylation sites is 2. The largest absolute Gasteiger partial charge is 0.309 e. The van der Waals surface area contributed by atoms with Crippen LogP contribution in [-0.2, 0) is 10.8 Å². The maximum absolute atomic E-state index is 5.57. The third kappa shape index (κ3) is 6.03. The summed E-state index contributed by atoms with van der Waals surface area (Å²) in [6.45, 7) is 4.69. The molecule has 0 N–H and O–H groups in total. The molecular formula is C70H48N4. The number of rotatable bonds is 7. The molecule has 0 aliphatic heterocycles. The topological polar surface area (TPSA) is 35.6 Å². The molecule has 3 aromatic heterocycles. The van der Waals surface area contributed by atoms with Crippen LogP contribution in [0.15, 0.2) is 255 Å². The van der Waals surface area contributed by atoms with E-state index in [2.05, 4.69) is 278 Å². The molecule has 0 fully saturated rings. The number of aromatic nitrogens is 4. The molecule has 74 heavy (non-hydrogen) atoms. The Hall–Kier alpha value is -9.38. The van der Waals surface area contributed by atoms with Crippen LogP contribution in [0.3, 0.4) is 0 Å². The molecule has 14 aromatic rings. The molecule has 3 heterocycles. The van der Waals surface area contributed by atoms with Crippen molar-refractivity contribution in [3.05, 3.63) is 288 Å². The first-order valence-corrected chi connectivity index (χ1v) is 25.7. The van der Waals surface area contributed by atoms with Crippen LogP contribution in [-0.4, -0.2) is 19.1 Å². The van der Waals surface area contributed by atoms with Crippen molar-refractivity contribution >= 4 is 65.3 Å². The molecular weight excluding hydrogens is 897 g/mol. The Morgan fingerprint density at radius 3 is 1.46 bits per heavy atom. The molecule has 0 unspecified atom stereocenters. The first kappa shape index (κ1) is 42.3. The SMILES string of the molecule is CC1(C)c2ccccc2-c2nc(-n3c4ccccc4c4cc(-c5ccc6c(c5)c5ccccc5n6-c5ccc(C(c6ccccc6)(c6ccccc6)c6ccccc6)cc5)ccc43)nc3cc4ccccc4c1c23. The third-order valence-electron chi connectivity index (χ3n) is 16.2. The second kappa shape index (κ2) is 16.1. The maximum atomic E-state index is 5.57. The van der Waals surface area contributed by atoms with E-state index in [0.29, 0.717) is 5.95 Å². The third-order valence-corrected chi connectivity index (χ3v) is 16.2. The summed E-state index contributed by atoms with van der Waals surface area (Å²) in [6.07, 6.45) is 0. The van der Waals surface area contributed by atoms with Crippen molar-refractivity contribution in [3.63, 3.8) is 0 Å². The zero-order chi connectivity index (χ0) is 49.1. The molecule has 0 spiro atoms. The van der Waals surface area contributed by atoms with E-state index >= 15 is 0 Å². The number of nitrogens with zero attached hydrogens (tertiary/aromatic N) is 4. The normalized spacial score (nSPS) is 13.1. The van der Waals surface area contributed by atoms with E-state index in [-0.39, 0.29) is 5.41 Å². The lowest BCUT2D eigenvalue weighted by Crippen LogP contribution is -2.30. The van der Waals surface area contributed by atoms with E-state index in [1.165, 1.54) is 76.9 Å². The van der Waals surface area contributed by atoms with Crippen molar-refractivity contribution in [3.8, 4) is 34.0 Å². The predicted octanol–water partition coefficient (Wildman–Crippen LogP) is 17.3. The smallest absolute Gasteiger partial charge is 0.235 e. The minimum Gasteiger partial charge on any atom is -0.309 e. The first-order valence-electron chi connectivity index (χ1n) is 25.7. The van der Waals surface area contributed by atoms with Gasteiger partial charge >= 0.3 is 0 Å². The van der Waals surface area contributed by atoms with Crippen LogP contribution >= 0.6 is 0 Å². The van der Waals surface area contributed by atoms with Crippen molar-refractivity contribution in [2.45, 2.75) is 24.7 Å². The number of hydrogen-bond donors (Lipinski definition) is 0. The van der Waals surface area contributed by atoms with E-state index in [0.717, 1.165) is 49.8 Å². The van der Waals surface area contributed by atoms with Crippen molar-refractivity contribution in [2.75, 3.05) is 0 Å². The quantitative estimate of drug-likeness (QED) is 0.118. The van der Waals surface area contributed by atoms with Crippen LogP contribution in [0, 0.1) is 0 Å². The Kier molecular flexibility index (Phi) is 9.19. The highest BCUT2D eigenvalue weighted by molar-refractivity contribution is 6.14. The fourth-order valence-electron chi connectivity index (χ4n) is 13.0. The van der Waals surface area contributed by atoms with Gasteiger partial charge in [0.15, 0.2) is 0 Å². The highest BCUT2D eigenvalue weighted by Crippen LogP contribution is 2.51. The minimum absolute atomic E-state index is 0.234. The van der Waals surface area contributed by atoms with Gasteiger partial charge in [0.05, 0.1) is 38.7 Å². The van der Waals surface area contributed by atoms with Crippen LogP contribution in [0.25, 0.3) is 99.3 Å². The molecule has 1 aliphatic rings. The molecule has 4 nitrogen and oxygen atoms in total. The monoisotopic (exact) mass is 944 g/mol. The maximum Gasteiger partial charge on any atom is 0.235 e. The van der Waals surface area contributed by atoms with Gasteiger partial charge in [-0.15, -0.1) is 0 Å². The Bertz CT molecular complexity index is 4450. The molecule has 15 rings (SSSR count). The van der Waals surface area contributed by atoms with E-state index in [1.54, 1.807) is 0 Å². The predicted molar refractivity (Wildman–Crippen MR) is 307 cm³/mol. The highest BCUT2D eigenvalue weighted by Gasteiger charge is 2.39. The molecule has 1 aliphatic carbocycles. The lowest BCUT2D eigenvalue weighted by atomic mass is 9.65. The van der Waals surface area contributed by atoms with Crippen LogP contribution in [0.5, 0.6) is 0 Å². The molecule has 0 amide bonds. The minimum atomic E-state index is -0.521.